The molecule has 0 amide bonds. The molecule has 1 heterocycles. The Morgan fingerprint density at radius 3 is 2.93 bits per heavy atom. The van der Waals surface area contributed by atoms with Crippen LogP contribution < -0.4 is 5.73 Å². The van der Waals surface area contributed by atoms with Crippen molar-refractivity contribution < 1.29 is 9.84 Å². The number of nitrogens with two attached hydrogens (primary N) is 1. The summed E-state index contributed by atoms with van der Waals surface area (Å²) in [6.45, 7) is 7.83. The lowest BCUT2D eigenvalue weighted by atomic mass is 9.94. The number of nitrogens with zero attached hydrogens (tertiary/aromatic N) is 1. The fourth-order valence-electron chi connectivity index (χ4n) is 1.94. The second-order valence-corrected chi connectivity index (χ2v) is 4.50. The number of rotatable bonds is 5. The zero-order chi connectivity index (χ0) is 11.3. The van der Waals surface area contributed by atoms with Crippen molar-refractivity contribution in [3.63, 3.8) is 0 Å². The largest absolute Gasteiger partial charge is 0.389 e. The molecule has 0 aromatic heterocycles. The monoisotopic (exact) mass is 216 g/mol. The summed E-state index contributed by atoms with van der Waals surface area (Å²) in [7, 11) is 0. The summed E-state index contributed by atoms with van der Waals surface area (Å²) >= 11 is 0. The number of ether oxygens (including phenoxy) is 1. The van der Waals surface area contributed by atoms with E-state index in [9.17, 15) is 5.11 Å². The van der Waals surface area contributed by atoms with Crippen molar-refractivity contribution in [3.8, 4) is 0 Å². The lowest BCUT2D eigenvalue weighted by molar-refractivity contribution is 0.0130. The fraction of sp³-hybridized carbons (Fsp3) is 1.00. The zero-order valence-electron chi connectivity index (χ0n) is 9.85. The van der Waals surface area contributed by atoms with Crippen molar-refractivity contribution in [3.05, 3.63) is 0 Å². The van der Waals surface area contributed by atoms with Gasteiger partial charge in [0.05, 0.1) is 12.7 Å². The molecule has 0 aliphatic carbocycles. The molecule has 90 valence electrons. The van der Waals surface area contributed by atoms with Crippen LogP contribution in [0.25, 0.3) is 0 Å². The molecule has 1 fully saturated rings. The van der Waals surface area contributed by atoms with Crippen LogP contribution in [0.3, 0.4) is 0 Å². The van der Waals surface area contributed by atoms with Gasteiger partial charge in [-0.15, -0.1) is 0 Å². The second-order valence-electron chi connectivity index (χ2n) is 4.50. The average Bonchev–Trinajstić information content (AvgIpc) is 2.20. The average molecular weight is 216 g/mol. The summed E-state index contributed by atoms with van der Waals surface area (Å²) in [6, 6.07) is 0.248. The Balaban J connectivity index is 2.21. The number of aliphatic hydroxyl groups excluding tert-OH is 1. The minimum Gasteiger partial charge on any atom is -0.389 e. The van der Waals surface area contributed by atoms with Crippen molar-refractivity contribution in [1.29, 1.82) is 0 Å². The molecule has 1 saturated heterocycles. The predicted molar refractivity (Wildman–Crippen MR) is 60.7 cm³/mol. The summed E-state index contributed by atoms with van der Waals surface area (Å²) < 4.78 is 5.18. The van der Waals surface area contributed by atoms with E-state index in [0.29, 0.717) is 25.7 Å². The second kappa shape index (κ2) is 6.43. The Morgan fingerprint density at radius 1 is 1.60 bits per heavy atom. The Kier molecular flexibility index (Phi) is 5.53. The summed E-state index contributed by atoms with van der Waals surface area (Å²) in [5.41, 5.74) is 5.99. The zero-order valence-corrected chi connectivity index (χ0v) is 9.85. The van der Waals surface area contributed by atoms with Crippen LogP contribution in [0.1, 0.15) is 20.3 Å². The molecule has 1 aliphatic heterocycles. The van der Waals surface area contributed by atoms with Gasteiger partial charge in [-0.2, -0.15) is 0 Å². The van der Waals surface area contributed by atoms with Crippen LogP contribution in [-0.4, -0.2) is 55.0 Å². The van der Waals surface area contributed by atoms with Gasteiger partial charge in [0.15, 0.2) is 0 Å². The molecule has 1 rings (SSSR count). The topological polar surface area (TPSA) is 58.7 Å². The van der Waals surface area contributed by atoms with Gasteiger partial charge in [0.1, 0.15) is 0 Å². The number of hydrogen-bond acceptors (Lipinski definition) is 4. The molecule has 0 spiro atoms. The first-order chi connectivity index (χ1) is 7.13. The van der Waals surface area contributed by atoms with E-state index in [-0.39, 0.29) is 12.1 Å². The summed E-state index contributed by atoms with van der Waals surface area (Å²) in [5, 5.41) is 9.68. The third kappa shape index (κ3) is 4.47. The maximum absolute atomic E-state index is 9.68. The van der Waals surface area contributed by atoms with E-state index in [0.717, 1.165) is 19.5 Å². The minimum atomic E-state index is -0.384. The molecule has 0 aromatic carbocycles. The SMILES string of the molecule is CCOCC(O)CN1CCC(C)C(N)C1. The van der Waals surface area contributed by atoms with E-state index in [1.54, 1.807) is 0 Å². The highest BCUT2D eigenvalue weighted by molar-refractivity contribution is 4.81. The number of piperidine rings is 1. The molecule has 1 aliphatic rings. The van der Waals surface area contributed by atoms with Crippen molar-refractivity contribution in [2.75, 3.05) is 32.8 Å². The van der Waals surface area contributed by atoms with Gasteiger partial charge < -0.3 is 15.6 Å². The lowest BCUT2D eigenvalue weighted by Gasteiger charge is -2.35. The quantitative estimate of drug-likeness (QED) is 0.682. The number of β-amino-alcohol motifs (C(OH)–C–C–N with tert-alkyl or cyclic N) is 1. The lowest BCUT2D eigenvalue weighted by Crippen LogP contribution is -2.50. The van der Waals surface area contributed by atoms with E-state index in [1.807, 2.05) is 6.92 Å². The molecule has 0 aromatic rings. The predicted octanol–water partition coefficient (Wildman–Crippen LogP) is 0.0529. The smallest absolute Gasteiger partial charge is 0.0900 e. The normalized spacial score (nSPS) is 30.4. The van der Waals surface area contributed by atoms with E-state index >= 15 is 0 Å². The highest BCUT2D eigenvalue weighted by Gasteiger charge is 2.24. The molecule has 15 heavy (non-hydrogen) atoms. The first-order valence-corrected chi connectivity index (χ1v) is 5.87. The summed E-state index contributed by atoms with van der Waals surface area (Å²) in [5.74, 6) is 0.602. The van der Waals surface area contributed by atoms with Crippen molar-refractivity contribution >= 4 is 0 Å². The van der Waals surface area contributed by atoms with Gasteiger partial charge in [-0.05, 0) is 25.8 Å². The molecule has 3 atom stereocenters. The van der Waals surface area contributed by atoms with E-state index < -0.39 is 0 Å². The molecule has 0 saturated carbocycles. The van der Waals surface area contributed by atoms with Gasteiger partial charge in [0, 0.05) is 25.7 Å². The highest BCUT2D eigenvalue weighted by Crippen LogP contribution is 2.15. The van der Waals surface area contributed by atoms with Gasteiger partial charge in [0.2, 0.25) is 0 Å². The first-order valence-electron chi connectivity index (χ1n) is 5.87. The van der Waals surface area contributed by atoms with Crippen LogP contribution in [0.2, 0.25) is 0 Å². The van der Waals surface area contributed by atoms with Crippen LogP contribution in [0.4, 0.5) is 0 Å². The molecule has 3 N–H and O–H groups in total. The minimum absolute atomic E-state index is 0.248. The molecule has 4 nitrogen and oxygen atoms in total. The molecule has 3 unspecified atom stereocenters. The van der Waals surface area contributed by atoms with Crippen LogP contribution in [0, 0.1) is 5.92 Å². The third-order valence-corrected chi connectivity index (χ3v) is 3.08. The number of aliphatic hydroxyl groups is 1. The molecule has 4 heteroatoms. The highest BCUT2D eigenvalue weighted by atomic mass is 16.5. The van der Waals surface area contributed by atoms with Gasteiger partial charge in [-0.25, -0.2) is 0 Å². The van der Waals surface area contributed by atoms with Gasteiger partial charge in [-0.1, -0.05) is 6.92 Å². The maximum atomic E-state index is 9.68. The molecule has 0 bridgehead atoms. The maximum Gasteiger partial charge on any atom is 0.0900 e. The number of hydrogen-bond donors (Lipinski definition) is 2. The third-order valence-electron chi connectivity index (χ3n) is 3.08. The standard InChI is InChI=1S/C11H24N2O2/c1-3-15-8-10(14)6-13-5-4-9(2)11(12)7-13/h9-11,14H,3-8,12H2,1-2H3. The van der Waals surface area contributed by atoms with E-state index in [2.05, 4.69) is 11.8 Å². The molecule has 0 radical (unpaired) electrons. The van der Waals surface area contributed by atoms with Crippen LogP contribution in [0.5, 0.6) is 0 Å². The first kappa shape index (κ1) is 12.9. The van der Waals surface area contributed by atoms with E-state index in [1.165, 1.54) is 0 Å². The van der Waals surface area contributed by atoms with Crippen LogP contribution >= 0.6 is 0 Å². The van der Waals surface area contributed by atoms with Crippen molar-refractivity contribution in [2.24, 2.45) is 11.7 Å². The van der Waals surface area contributed by atoms with Crippen molar-refractivity contribution in [2.45, 2.75) is 32.4 Å². The van der Waals surface area contributed by atoms with Gasteiger partial charge in [-0.3, -0.25) is 4.90 Å². The summed E-state index contributed by atoms with van der Waals surface area (Å²) in [6.07, 6.45) is 0.744. The van der Waals surface area contributed by atoms with Gasteiger partial charge >= 0.3 is 0 Å². The van der Waals surface area contributed by atoms with E-state index in [4.69, 9.17) is 10.5 Å². The van der Waals surface area contributed by atoms with Crippen LogP contribution in [0.15, 0.2) is 0 Å². The molecular formula is C11H24N2O2. The van der Waals surface area contributed by atoms with Gasteiger partial charge in [0.25, 0.3) is 0 Å². The Morgan fingerprint density at radius 2 is 2.33 bits per heavy atom. The fourth-order valence-corrected chi connectivity index (χ4v) is 1.94. The van der Waals surface area contributed by atoms with Crippen LogP contribution in [-0.2, 0) is 4.74 Å². The summed E-state index contributed by atoms with van der Waals surface area (Å²) in [4.78, 5) is 2.23. The Labute approximate surface area is 92.4 Å². The number of likely N-dealkylation sites (tertiary alicyclic amines) is 1. The van der Waals surface area contributed by atoms with Crippen molar-refractivity contribution in [1.82, 2.24) is 4.90 Å². The Bertz CT molecular complexity index is 178. The Hall–Kier alpha value is -0.160. The molecular weight excluding hydrogens is 192 g/mol.